The van der Waals surface area contributed by atoms with Crippen LogP contribution in [0.15, 0.2) is 30.3 Å². The molecule has 3 aromatic rings. The van der Waals surface area contributed by atoms with Crippen LogP contribution in [-0.4, -0.2) is 28.1 Å². The van der Waals surface area contributed by atoms with Gasteiger partial charge in [0.1, 0.15) is 15.4 Å². The molecule has 0 atom stereocenters. The fourth-order valence-electron chi connectivity index (χ4n) is 2.66. The highest BCUT2D eigenvalue weighted by Gasteiger charge is 2.34. The number of carbonyl (C=O) groups excluding carboxylic acids is 1. The Labute approximate surface area is 160 Å². The number of carbonyl (C=O) groups is 1. The largest absolute Gasteiger partial charge is 0.488 e. The van der Waals surface area contributed by atoms with E-state index in [0.717, 1.165) is 6.07 Å². The minimum absolute atomic E-state index is 0.0344. The van der Waals surface area contributed by atoms with Crippen molar-refractivity contribution in [3.8, 4) is 0 Å². The molecule has 0 spiro atoms. The maximum Gasteiger partial charge on any atom is 0.488 e. The van der Waals surface area contributed by atoms with Gasteiger partial charge in [-0.05, 0) is 29.6 Å². The molecule has 0 aliphatic carbocycles. The summed E-state index contributed by atoms with van der Waals surface area (Å²) >= 11 is 0.541. The number of amides is 1. The Morgan fingerprint density at radius 1 is 1.29 bits per heavy atom. The Balaban J connectivity index is 1.87. The van der Waals surface area contributed by atoms with E-state index in [1.54, 1.807) is 12.1 Å². The summed E-state index contributed by atoms with van der Waals surface area (Å²) in [7, 11) is -1.67. The van der Waals surface area contributed by atoms with E-state index in [4.69, 9.17) is 10.0 Å². The summed E-state index contributed by atoms with van der Waals surface area (Å²) in [6.07, 6.45) is -4.68. The van der Waals surface area contributed by atoms with Gasteiger partial charge in [-0.2, -0.15) is 13.2 Å². The number of halogens is 4. The van der Waals surface area contributed by atoms with Crippen molar-refractivity contribution in [1.82, 2.24) is 10.3 Å². The maximum absolute atomic E-state index is 14.6. The zero-order valence-corrected chi connectivity index (χ0v) is 15.2. The van der Waals surface area contributed by atoms with Crippen LogP contribution in [0.25, 0.3) is 10.2 Å². The second kappa shape index (κ2) is 7.49. The highest BCUT2D eigenvalue weighted by Crippen LogP contribution is 2.35. The van der Waals surface area contributed by atoms with Gasteiger partial charge >= 0.3 is 13.3 Å². The minimum Gasteiger partial charge on any atom is -0.423 e. The summed E-state index contributed by atoms with van der Waals surface area (Å²) in [5, 5.41) is 20.7. The van der Waals surface area contributed by atoms with Crippen LogP contribution < -0.4 is 10.8 Å². The first-order chi connectivity index (χ1) is 13.1. The molecule has 2 aromatic heterocycles. The van der Waals surface area contributed by atoms with Crippen LogP contribution in [0.2, 0.25) is 0 Å². The number of thiophene rings is 1. The maximum atomic E-state index is 14.6. The second-order valence-corrected chi connectivity index (χ2v) is 7.05. The lowest BCUT2D eigenvalue weighted by Crippen LogP contribution is -2.30. The Morgan fingerprint density at radius 3 is 2.64 bits per heavy atom. The van der Waals surface area contributed by atoms with Crippen LogP contribution in [0, 0.1) is 12.7 Å². The number of fused-ring (bicyclic) bond motifs is 1. The molecule has 0 aliphatic rings. The van der Waals surface area contributed by atoms with E-state index in [2.05, 4.69) is 10.3 Å². The lowest BCUT2D eigenvalue weighted by atomic mass is 9.80. The molecule has 2 heterocycles. The number of rotatable bonds is 4. The Morgan fingerprint density at radius 2 is 2.00 bits per heavy atom. The topological polar surface area (TPSA) is 82.5 Å². The standard InChI is InChI=1S/C17H13BF4N2O3S/c1-8-5-11(17(20,21)22)24-16-12(8)13(19)14(28-16)15(25)23-7-9-3-2-4-10(6-9)18(26)27/h2-6,26-27H,7H2,1H3,(H,23,25). The van der Waals surface area contributed by atoms with E-state index in [1.807, 2.05) is 0 Å². The van der Waals surface area contributed by atoms with E-state index in [1.165, 1.54) is 19.1 Å². The van der Waals surface area contributed by atoms with E-state index in [9.17, 15) is 22.4 Å². The number of nitrogens with one attached hydrogen (secondary N) is 1. The number of hydrogen-bond acceptors (Lipinski definition) is 5. The third-order valence-corrected chi connectivity index (χ3v) is 5.06. The summed E-state index contributed by atoms with van der Waals surface area (Å²) in [5.74, 6) is -1.72. The minimum atomic E-state index is -4.68. The predicted octanol–water partition coefficient (Wildman–Crippen LogP) is 2.37. The average molecular weight is 412 g/mol. The van der Waals surface area contributed by atoms with E-state index >= 15 is 0 Å². The molecule has 0 bridgehead atoms. The molecular formula is C17H13BF4N2O3S. The van der Waals surface area contributed by atoms with Gasteiger partial charge in [-0.1, -0.05) is 24.3 Å². The highest BCUT2D eigenvalue weighted by molar-refractivity contribution is 7.20. The predicted molar refractivity (Wildman–Crippen MR) is 96.8 cm³/mol. The van der Waals surface area contributed by atoms with Crippen LogP contribution in [0.5, 0.6) is 0 Å². The molecule has 0 saturated carbocycles. The number of hydrogen-bond donors (Lipinski definition) is 3. The highest BCUT2D eigenvalue weighted by atomic mass is 32.1. The van der Waals surface area contributed by atoms with Crippen molar-refractivity contribution >= 4 is 40.0 Å². The van der Waals surface area contributed by atoms with Gasteiger partial charge in [0.25, 0.3) is 5.91 Å². The fourth-order valence-corrected chi connectivity index (χ4v) is 3.70. The number of alkyl halides is 3. The van der Waals surface area contributed by atoms with Gasteiger partial charge in [0.05, 0.1) is 5.39 Å². The average Bonchev–Trinajstić information content (AvgIpc) is 2.96. The Kier molecular flexibility index (Phi) is 5.42. The second-order valence-electron chi connectivity index (χ2n) is 6.05. The molecule has 0 saturated heterocycles. The lowest BCUT2D eigenvalue weighted by Gasteiger charge is -2.07. The molecule has 1 amide bonds. The smallest absolute Gasteiger partial charge is 0.423 e. The van der Waals surface area contributed by atoms with Gasteiger partial charge in [-0.15, -0.1) is 11.3 Å². The van der Waals surface area contributed by atoms with Crippen LogP contribution in [-0.2, 0) is 12.7 Å². The SMILES string of the molecule is Cc1cc(C(F)(F)F)nc2sc(C(=O)NCc3cccc(B(O)O)c3)c(F)c12. The third kappa shape index (κ3) is 4.01. The molecule has 146 valence electrons. The summed E-state index contributed by atoms with van der Waals surface area (Å²) in [6.45, 7) is 1.29. The first kappa shape index (κ1) is 20.2. The van der Waals surface area contributed by atoms with E-state index in [-0.39, 0.29) is 32.7 Å². The van der Waals surface area contributed by atoms with Crippen LogP contribution in [0.3, 0.4) is 0 Å². The molecule has 11 heteroatoms. The van der Waals surface area contributed by atoms with Gasteiger partial charge in [-0.25, -0.2) is 9.37 Å². The molecule has 5 nitrogen and oxygen atoms in total. The van der Waals surface area contributed by atoms with Gasteiger partial charge < -0.3 is 15.4 Å². The zero-order valence-electron chi connectivity index (χ0n) is 14.3. The first-order valence-corrected chi connectivity index (χ1v) is 8.79. The summed E-state index contributed by atoms with van der Waals surface area (Å²) in [6, 6.07) is 6.85. The number of pyridine rings is 1. The number of aryl methyl sites for hydroxylation is 1. The van der Waals surface area contributed by atoms with Crippen molar-refractivity contribution in [1.29, 1.82) is 0 Å². The molecule has 0 aliphatic heterocycles. The molecule has 1 aromatic carbocycles. The van der Waals surface area contributed by atoms with Crippen molar-refractivity contribution in [2.75, 3.05) is 0 Å². The van der Waals surface area contributed by atoms with Gasteiger partial charge in [0.2, 0.25) is 0 Å². The third-order valence-electron chi connectivity index (χ3n) is 4.00. The van der Waals surface area contributed by atoms with E-state index < -0.39 is 30.7 Å². The van der Waals surface area contributed by atoms with Crippen molar-refractivity contribution in [3.05, 3.63) is 57.8 Å². The molecule has 3 N–H and O–H groups in total. The molecule has 28 heavy (non-hydrogen) atoms. The number of aromatic nitrogens is 1. The lowest BCUT2D eigenvalue weighted by molar-refractivity contribution is -0.141. The zero-order chi connectivity index (χ0) is 20.6. The number of nitrogens with zero attached hydrogens (tertiary/aromatic N) is 1. The van der Waals surface area contributed by atoms with Crippen LogP contribution in [0.1, 0.15) is 26.5 Å². The molecule has 0 fully saturated rings. The Bertz CT molecular complexity index is 1050. The molecule has 0 unspecified atom stereocenters. The van der Waals surface area contributed by atoms with E-state index in [0.29, 0.717) is 16.9 Å². The normalized spacial score (nSPS) is 11.7. The number of benzene rings is 1. The van der Waals surface area contributed by atoms with Gasteiger partial charge in [0.15, 0.2) is 5.82 Å². The molecule has 3 rings (SSSR count). The van der Waals surface area contributed by atoms with Gasteiger partial charge in [0, 0.05) is 6.54 Å². The van der Waals surface area contributed by atoms with Crippen molar-refractivity contribution in [2.45, 2.75) is 19.6 Å². The van der Waals surface area contributed by atoms with Crippen molar-refractivity contribution in [2.24, 2.45) is 0 Å². The molecular weight excluding hydrogens is 399 g/mol. The molecule has 0 radical (unpaired) electrons. The fraction of sp³-hybridized carbons (Fsp3) is 0.176. The summed E-state index contributed by atoms with van der Waals surface area (Å²) < 4.78 is 53.3. The quantitative estimate of drug-likeness (QED) is 0.454. The first-order valence-electron chi connectivity index (χ1n) is 7.98. The monoisotopic (exact) mass is 412 g/mol. The summed E-state index contributed by atoms with van der Waals surface area (Å²) in [4.78, 5) is 15.2. The van der Waals surface area contributed by atoms with Crippen LogP contribution in [0.4, 0.5) is 17.6 Å². The van der Waals surface area contributed by atoms with Crippen molar-refractivity contribution in [3.63, 3.8) is 0 Å². The van der Waals surface area contributed by atoms with Crippen LogP contribution >= 0.6 is 11.3 Å². The Hall–Kier alpha value is -2.50. The van der Waals surface area contributed by atoms with Crippen molar-refractivity contribution < 1.29 is 32.4 Å². The van der Waals surface area contributed by atoms with Gasteiger partial charge in [-0.3, -0.25) is 4.79 Å². The summed E-state index contributed by atoms with van der Waals surface area (Å²) in [5.41, 5.74) is -0.353.